The molecule has 19 heavy (non-hydrogen) atoms. The second-order valence-electron chi connectivity index (χ2n) is 6.88. The molecule has 0 aromatic heterocycles. The third kappa shape index (κ3) is 5.52. The van der Waals surface area contributed by atoms with Crippen LogP contribution in [-0.2, 0) is 4.79 Å². The summed E-state index contributed by atoms with van der Waals surface area (Å²) in [4.78, 5) is 11.5. The predicted molar refractivity (Wildman–Crippen MR) is 78.9 cm³/mol. The normalized spacial score (nSPS) is 27.5. The van der Waals surface area contributed by atoms with E-state index >= 15 is 0 Å². The number of hydrogen-bond acceptors (Lipinski definition) is 2. The van der Waals surface area contributed by atoms with Gasteiger partial charge in [0.1, 0.15) is 0 Å². The fraction of sp³-hybridized carbons (Fsp3) is 0.938. The van der Waals surface area contributed by atoms with Crippen LogP contribution in [0.2, 0.25) is 0 Å². The maximum absolute atomic E-state index is 11.5. The molecule has 0 spiro atoms. The van der Waals surface area contributed by atoms with Crippen molar-refractivity contribution in [2.75, 3.05) is 13.1 Å². The van der Waals surface area contributed by atoms with Gasteiger partial charge in [0.15, 0.2) is 0 Å². The molecule has 0 bridgehead atoms. The first-order valence-electron chi connectivity index (χ1n) is 8.16. The van der Waals surface area contributed by atoms with Gasteiger partial charge in [-0.2, -0.15) is 0 Å². The number of amides is 1. The zero-order valence-electron chi connectivity index (χ0n) is 12.6. The van der Waals surface area contributed by atoms with E-state index in [2.05, 4.69) is 24.5 Å². The molecule has 2 saturated carbocycles. The molecule has 3 nitrogen and oxygen atoms in total. The van der Waals surface area contributed by atoms with E-state index in [1.165, 1.54) is 32.1 Å². The maximum atomic E-state index is 11.5. The molecule has 2 rings (SSSR count). The van der Waals surface area contributed by atoms with Gasteiger partial charge in [-0.3, -0.25) is 4.79 Å². The van der Waals surface area contributed by atoms with Gasteiger partial charge >= 0.3 is 0 Å². The highest BCUT2D eigenvalue weighted by molar-refractivity contribution is 5.80. The van der Waals surface area contributed by atoms with E-state index in [0.717, 1.165) is 37.8 Å². The van der Waals surface area contributed by atoms with E-state index < -0.39 is 0 Å². The summed E-state index contributed by atoms with van der Waals surface area (Å²) in [7, 11) is 0. The lowest BCUT2D eigenvalue weighted by Gasteiger charge is -2.31. The Hall–Kier alpha value is -0.570. The summed E-state index contributed by atoms with van der Waals surface area (Å²) < 4.78 is 0. The Morgan fingerprint density at radius 2 is 1.95 bits per heavy atom. The van der Waals surface area contributed by atoms with Crippen LogP contribution in [0, 0.1) is 17.8 Å². The average molecular weight is 266 g/mol. The second-order valence-corrected chi connectivity index (χ2v) is 6.88. The third-order valence-electron chi connectivity index (χ3n) is 4.39. The van der Waals surface area contributed by atoms with E-state index in [-0.39, 0.29) is 5.91 Å². The molecule has 0 saturated heterocycles. The highest BCUT2D eigenvalue weighted by atomic mass is 16.2. The van der Waals surface area contributed by atoms with E-state index in [0.29, 0.717) is 12.0 Å². The summed E-state index contributed by atoms with van der Waals surface area (Å²) in [5.41, 5.74) is 0. The first-order valence-corrected chi connectivity index (χ1v) is 8.16. The molecule has 0 aliphatic heterocycles. The van der Waals surface area contributed by atoms with Crippen LogP contribution in [0.3, 0.4) is 0 Å². The van der Waals surface area contributed by atoms with Crippen LogP contribution in [0.25, 0.3) is 0 Å². The van der Waals surface area contributed by atoms with Crippen molar-refractivity contribution in [3.8, 4) is 0 Å². The van der Waals surface area contributed by atoms with Crippen molar-refractivity contribution in [3.05, 3.63) is 0 Å². The summed E-state index contributed by atoms with van der Waals surface area (Å²) in [6.45, 7) is 6.37. The lowest BCUT2D eigenvalue weighted by Crippen LogP contribution is -2.39. The fourth-order valence-corrected chi connectivity index (χ4v) is 3.31. The lowest BCUT2D eigenvalue weighted by molar-refractivity contribution is -0.122. The number of carbonyl (C=O) groups is 1. The van der Waals surface area contributed by atoms with Gasteiger partial charge in [-0.1, -0.05) is 26.7 Å². The Morgan fingerprint density at radius 1 is 1.16 bits per heavy atom. The molecule has 0 radical (unpaired) electrons. The Kier molecular flexibility index (Phi) is 5.68. The van der Waals surface area contributed by atoms with Crippen LogP contribution in [0.5, 0.6) is 0 Å². The van der Waals surface area contributed by atoms with Crippen molar-refractivity contribution in [1.82, 2.24) is 10.6 Å². The van der Waals surface area contributed by atoms with Gasteiger partial charge in [0.05, 0.1) is 0 Å². The van der Waals surface area contributed by atoms with Gasteiger partial charge in [0.25, 0.3) is 0 Å². The number of hydrogen-bond donors (Lipinski definition) is 2. The van der Waals surface area contributed by atoms with Gasteiger partial charge < -0.3 is 10.6 Å². The van der Waals surface area contributed by atoms with Crippen molar-refractivity contribution in [2.45, 2.75) is 64.8 Å². The van der Waals surface area contributed by atoms with Crippen molar-refractivity contribution in [2.24, 2.45) is 17.8 Å². The SMILES string of the molecule is CC(C)CC1CCCC(NCCNC(=O)C2CC2)C1. The van der Waals surface area contributed by atoms with Crippen molar-refractivity contribution < 1.29 is 4.79 Å². The van der Waals surface area contributed by atoms with Gasteiger partial charge in [0, 0.05) is 25.0 Å². The average Bonchev–Trinajstić information content (AvgIpc) is 3.18. The zero-order chi connectivity index (χ0) is 13.7. The molecule has 2 N–H and O–H groups in total. The van der Waals surface area contributed by atoms with Crippen LogP contribution in [-0.4, -0.2) is 25.0 Å². The summed E-state index contributed by atoms with van der Waals surface area (Å²) in [6.07, 6.45) is 8.98. The number of rotatable bonds is 7. The van der Waals surface area contributed by atoms with Crippen LogP contribution < -0.4 is 10.6 Å². The molecule has 0 heterocycles. The highest BCUT2D eigenvalue weighted by Gasteiger charge is 2.29. The van der Waals surface area contributed by atoms with Crippen LogP contribution in [0.15, 0.2) is 0 Å². The fourth-order valence-electron chi connectivity index (χ4n) is 3.31. The first kappa shape index (κ1) is 14.8. The van der Waals surface area contributed by atoms with Crippen molar-refractivity contribution in [1.29, 1.82) is 0 Å². The monoisotopic (exact) mass is 266 g/mol. The molecule has 0 aromatic rings. The van der Waals surface area contributed by atoms with Crippen LogP contribution in [0.1, 0.15) is 58.8 Å². The summed E-state index contributed by atoms with van der Waals surface area (Å²) in [5, 5.41) is 6.65. The van der Waals surface area contributed by atoms with Crippen molar-refractivity contribution in [3.63, 3.8) is 0 Å². The number of nitrogens with one attached hydrogen (secondary N) is 2. The molecule has 110 valence electrons. The Labute approximate surface area is 117 Å². The molecule has 2 aliphatic rings. The summed E-state index contributed by atoms with van der Waals surface area (Å²) in [6, 6.07) is 0.676. The summed E-state index contributed by atoms with van der Waals surface area (Å²) >= 11 is 0. The van der Waals surface area contributed by atoms with Crippen LogP contribution >= 0.6 is 0 Å². The topological polar surface area (TPSA) is 41.1 Å². The first-order chi connectivity index (χ1) is 9.15. The molecule has 2 aliphatic carbocycles. The minimum atomic E-state index is 0.267. The molecular weight excluding hydrogens is 236 g/mol. The van der Waals surface area contributed by atoms with Gasteiger partial charge in [-0.15, -0.1) is 0 Å². The molecule has 2 fully saturated rings. The zero-order valence-corrected chi connectivity index (χ0v) is 12.6. The van der Waals surface area contributed by atoms with Crippen LogP contribution in [0.4, 0.5) is 0 Å². The largest absolute Gasteiger partial charge is 0.355 e. The van der Waals surface area contributed by atoms with E-state index in [1.807, 2.05) is 0 Å². The van der Waals surface area contributed by atoms with E-state index in [9.17, 15) is 4.79 Å². The van der Waals surface area contributed by atoms with E-state index in [4.69, 9.17) is 0 Å². The molecule has 1 amide bonds. The van der Waals surface area contributed by atoms with Gasteiger partial charge in [-0.25, -0.2) is 0 Å². The Morgan fingerprint density at radius 3 is 2.63 bits per heavy atom. The highest BCUT2D eigenvalue weighted by Crippen LogP contribution is 2.29. The van der Waals surface area contributed by atoms with Gasteiger partial charge in [-0.05, 0) is 43.9 Å². The molecule has 3 heteroatoms. The summed E-state index contributed by atoms with van der Waals surface area (Å²) in [5.74, 6) is 2.34. The minimum Gasteiger partial charge on any atom is -0.355 e. The molecular formula is C16H30N2O. The second kappa shape index (κ2) is 7.28. The Balaban J connectivity index is 1.55. The minimum absolute atomic E-state index is 0.267. The lowest BCUT2D eigenvalue weighted by atomic mass is 9.81. The molecule has 0 aromatic carbocycles. The van der Waals surface area contributed by atoms with E-state index in [1.54, 1.807) is 0 Å². The standard InChI is InChI=1S/C16H30N2O/c1-12(2)10-13-4-3-5-15(11-13)17-8-9-18-16(19)14-6-7-14/h12-15,17H,3-11H2,1-2H3,(H,18,19). The van der Waals surface area contributed by atoms with Gasteiger partial charge in [0.2, 0.25) is 5.91 Å². The third-order valence-corrected chi connectivity index (χ3v) is 4.39. The number of carbonyl (C=O) groups excluding carboxylic acids is 1. The quantitative estimate of drug-likeness (QED) is 0.696. The molecule has 2 unspecified atom stereocenters. The maximum Gasteiger partial charge on any atom is 0.223 e. The Bertz CT molecular complexity index is 286. The van der Waals surface area contributed by atoms with Crippen molar-refractivity contribution >= 4 is 5.91 Å². The molecule has 2 atom stereocenters. The smallest absolute Gasteiger partial charge is 0.223 e. The predicted octanol–water partition coefficient (Wildman–Crippen LogP) is 2.71.